The Balaban J connectivity index is 1.49. The van der Waals surface area contributed by atoms with Crippen molar-refractivity contribution >= 4 is 6.21 Å². The molecule has 2 fully saturated rings. The van der Waals surface area contributed by atoms with E-state index in [2.05, 4.69) is 25.6 Å². The van der Waals surface area contributed by atoms with E-state index in [1.807, 2.05) is 0 Å². The second-order valence-electron chi connectivity index (χ2n) is 7.45. The highest BCUT2D eigenvalue weighted by molar-refractivity contribution is 5.82. The van der Waals surface area contributed by atoms with Crippen molar-refractivity contribution in [2.75, 3.05) is 33.4 Å². The molecule has 4 N–H and O–H groups in total. The molecule has 1 aromatic rings. The van der Waals surface area contributed by atoms with Crippen LogP contribution in [0.25, 0.3) is 0 Å². The van der Waals surface area contributed by atoms with Crippen molar-refractivity contribution in [2.24, 2.45) is 10.7 Å². The van der Waals surface area contributed by atoms with Gasteiger partial charge in [-0.3, -0.25) is 15.3 Å². The van der Waals surface area contributed by atoms with Crippen molar-refractivity contribution in [1.29, 1.82) is 0 Å². The summed E-state index contributed by atoms with van der Waals surface area (Å²) in [5.74, 6) is -1.93. The maximum Gasteiger partial charge on any atom is 0.421 e. The molecule has 29 heavy (non-hydrogen) atoms. The second kappa shape index (κ2) is 7.26. The molecule has 0 amide bonds. The lowest BCUT2D eigenvalue weighted by molar-refractivity contribution is -0.0876. The number of ether oxygens (including phenoxy) is 1. The molecule has 3 atom stereocenters. The normalized spacial score (nSPS) is 31.5. The van der Waals surface area contributed by atoms with Gasteiger partial charge in [0.15, 0.2) is 0 Å². The zero-order valence-corrected chi connectivity index (χ0v) is 15.8. The molecule has 8 nitrogen and oxygen atoms in total. The number of nitrogens with zero attached hydrogens (tertiary/aromatic N) is 4. The van der Waals surface area contributed by atoms with Crippen molar-refractivity contribution in [3.8, 4) is 0 Å². The third-order valence-electron chi connectivity index (χ3n) is 5.59. The van der Waals surface area contributed by atoms with E-state index in [0.29, 0.717) is 38.0 Å². The average Bonchev–Trinajstić information content (AvgIpc) is 3.10. The third kappa shape index (κ3) is 3.71. The number of aliphatic imine (C=N–C) groups is 1. The first-order valence-corrected chi connectivity index (χ1v) is 9.33. The van der Waals surface area contributed by atoms with Crippen molar-refractivity contribution in [1.82, 2.24) is 25.3 Å². The summed E-state index contributed by atoms with van der Waals surface area (Å²) >= 11 is 0. The highest BCUT2D eigenvalue weighted by atomic mass is 19.4. The molecule has 0 radical (unpaired) electrons. The predicted octanol–water partition coefficient (Wildman–Crippen LogP) is 0.603. The van der Waals surface area contributed by atoms with Crippen molar-refractivity contribution in [3.63, 3.8) is 0 Å². The minimum absolute atomic E-state index is 0.269. The molecule has 4 heterocycles. The molecule has 2 saturated heterocycles. The summed E-state index contributed by atoms with van der Waals surface area (Å²) in [7, 11) is 1.35. The number of rotatable bonds is 4. The molecular weight excluding hydrogens is 394 g/mol. The Morgan fingerprint density at radius 1 is 1.38 bits per heavy atom. The molecule has 0 spiro atoms. The van der Waals surface area contributed by atoms with E-state index in [0.717, 1.165) is 6.54 Å². The highest BCUT2D eigenvalue weighted by Gasteiger charge is 2.42. The van der Waals surface area contributed by atoms with Gasteiger partial charge in [0.1, 0.15) is 17.6 Å². The summed E-state index contributed by atoms with van der Waals surface area (Å²) in [5, 5.41) is 9.25. The molecule has 12 heteroatoms. The fraction of sp³-hybridized carbons (Fsp3) is 0.647. The number of nitrogens with two attached hydrogens (primary N) is 1. The van der Waals surface area contributed by atoms with Crippen LogP contribution in [0.4, 0.5) is 17.6 Å². The van der Waals surface area contributed by atoms with Gasteiger partial charge in [0, 0.05) is 32.5 Å². The Hall–Kier alpha value is -2.18. The van der Waals surface area contributed by atoms with E-state index < -0.39 is 29.7 Å². The van der Waals surface area contributed by atoms with Gasteiger partial charge in [-0.2, -0.15) is 18.3 Å². The number of aromatic nitrogens is 2. The first-order chi connectivity index (χ1) is 13.7. The van der Waals surface area contributed by atoms with E-state index in [9.17, 15) is 17.6 Å². The number of allylic oxidation sites excluding steroid dienone is 1. The molecule has 0 aliphatic carbocycles. The van der Waals surface area contributed by atoms with Gasteiger partial charge in [-0.05, 0) is 6.42 Å². The minimum atomic E-state index is -4.58. The summed E-state index contributed by atoms with van der Waals surface area (Å²) in [6.45, 7) is 2.27. The van der Waals surface area contributed by atoms with Gasteiger partial charge in [0.2, 0.25) is 5.79 Å². The zero-order valence-electron chi connectivity index (χ0n) is 15.8. The maximum absolute atomic E-state index is 14.8. The molecule has 4 rings (SSSR count). The number of halogens is 4. The smallest absolute Gasteiger partial charge is 0.378 e. The van der Waals surface area contributed by atoms with Gasteiger partial charge in [-0.15, -0.1) is 0 Å². The SMILES string of the molecule is CNC1=C(C(F)(F)F)C=NC(N)(c2cnn([C@@H]3CCN(C4COC4)C[C@H]3F)c2)N1. The van der Waals surface area contributed by atoms with Crippen LogP contribution in [0.3, 0.4) is 0 Å². The van der Waals surface area contributed by atoms with Crippen LogP contribution >= 0.6 is 0 Å². The fourth-order valence-corrected chi connectivity index (χ4v) is 3.78. The molecule has 0 bridgehead atoms. The molecule has 1 aromatic heterocycles. The Bertz CT molecular complexity index is 819. The van der Waals surface area contributed by atoms with Crippen LogP contribution in [0.2, 0.25) is 0 Å². The Morgan fingerprint density at radius 3 is 2.72 bits per heavy atom. The van der Waals surface area contributed by atoms with E-state index in [1.165, 1.54) is 24.1 Å². The number of alkyl halides is 4. The molecule has 3 aliphatic heterocycles. The van der Waals surface area contributed by atoms with Crippen LogP contribution in [0, 0.1) is 0 Å². The molecule has 160 valence electrons. The van der Waals surface area contributed by atoms with Gasteiger partial charge in [0.05, 0.1) is 37.1 Å². The second-order valence-corrected chi connectivity index (χ2v) is 7.45. The highest BCUT2D eigenvalue weighted by Crippen LogP contribution is 2.32. The lowest BCUT2D eigenvalue weighted by Gasteiger charge is -2.42. The molecule has 3 aliphatic rings. The Labute approximate surface area is 164 Å². The summed E-state index contributed by atoms with van der Waals surface area (Å²) in [4.78, 5) is 5.94. The molecular formula is C17H23F4N7O. The van der Waals surface area contributed by atoms with Gasteiger partial charge >= 0.3 is 6.18 Å². The van der Waals surface area contributed by atoms with Crippen LogP contribution in [0.15, 0.2) is 28.8 Å². The third-order valence-corrected chi connectivity index (χ3v) is 5.59. The topological polar surface area (TPSA) is 92.7 Å². The van der Waals surface area contributed by atoms with Crippen LogP contribution in [0.5, 0.6) is 0 Å². The molecule has 1 unspecified atom stereocenters. The monoisotopic (exact) mass is 417 g/mol. The average molecular weight is 417 g/mol. The van der Waals surface area contributed by atoms with E-state index >= 15 is 0 Å². The van der Waals surface area contributed by atoms with E-state index in [-0.39, 0.29) is 11.9 Å². The minimum Gasteiger partial charge on any atom is -0.378 e. The standard InChI is InChI=1S/C17H23F4N7O/c1-23-15-12(16(19,20)21)5-24-17(22,26-15)10-4-25-28(6-10)14-2-3-27(7-13(14)18)11-8-29-9-11/h4-6,11,13-14,23,26H,2-3,7-9,22H2,1H3/t13-,14-,17?/m1/s1. The van der Waals surface area contributed by atoms with Crippen LogP contribution in [-0.4, -0.2) is 72.6 Å². The summed E-state index contributed by atoms with van der Waals surface area (Å²) in [6, 6.07) is -0.202. The molecule has 0 saturated carbocycles. The first kappa shape index (κ1) is 20.1. The first-order valence-electron chi connectivity index (χ1n) is 9.33. The fourth-order valence-electron chi connectivity index (χ4n) is 3.78. The maximum atomic E-state index is 14.8. The lowest BCUT2D eigenvalue weighted by Crippen LogP contribution is -2.55. The number of hydrogen-bond acceptors (Lipinski definition) is 7. The summed E-state index contributed by atoms with van der Waals surface area (Å²) in [5.41, 5.74) is 5.58. The van der Waals surface area contributed by atoms with Gasteiger partial charge in [0.25, 0.3) is 0 Å². The van der Waals surface area contributed by atoms with Crippen LogP contribution in [0.1, 0.15) is 18.0 Å². The number of piperidine rings is 1. The Morgan fingerprint density at radius 2 is 2.14 bits per heavy atom. The van der Waals surface area contributed by atoms with Crippen molar-refractivity contribution in [3.05, 3.63) is 29.4 Å². The lowest BCUT2D eigenvalue weighted by atomic mass is 10.0. The quantitative estimate of drug-likeness (QED) is 0.622. The van der Waals surface area contributed by atoms with Crippen LogP contribution < -0.4 is 16.4 Å². The number of hydrogen-bond donors (Lipinski definition) is 3. The van der Waals surface area contributed by atoms with Gasteiger partial charge in [-0.25, -0.2) is 9.38 Å². The number of likely N-dealkylation sites (tertiary alicyclic amines) is 1. The number of nitrogens with one attached hydrogen (secondary N) is 2. The van der Waals surface area contributed by atoms with Gasteiger partial charge < -0.3 is 15.4 Å². The zero-order chi connectivity index (χ0) is 20.8. The van der Waals surface area contributed by atoms with Gasteiger partial charge in [-0.1, -0.05) is 0 Å². The van der Waals surface area contributed by atoms with Crippen LogP contribution in [-0.2, 0) is 10.5 Å². The largest absolute Gasteiger partial charge is 0.421 e. The van der Waals surface area contributed by atoms with Crippen molar-refractivity contribution < 1.29 is 22.3 Å². The van der Waals surface area contributed by atoms with E-state index in [1.54, 1.807) is 0 Å². The van der Waals surface area contributed by atoms with E-state index in [4.69, 9.17) is 10.5 Å². The summed E-state index contributed by atoms with van der Waals surface area (Å²) in [6.07, 6.45) is -1.52. The molecule has 0 aromatic carbocycles. The Kier molecular flexibility index (Phi) is 5.03. The summed E-state index contributed by atoms with van der Waals surface area (Å²) < 4.78 is 60.7. The predicted molar refractivity (Wildman–Crippen MR) is 96.6 cm³/mol. The van der Waals surface area contributed by atoms with Crippen molar-refractivity contribution in [2.45, 2.75) is 36.6 Å².